The van der Waals surface area contributed by atoms with Crippen molar-refractivity contribution in [3.8, 4) is 0 Å². The zero-order valence-corrected chi connectivity index (χ0v) is 12.4. The summed E-state index contributed by atoms with van der Waals surface area (Å²) in [4.78, 5) is 0.198. The Labute approximate surface area is 115 Å². The van der Waals surface area contributed by atoms with E-state index >= 15 is 0 Å². The number of nitrogens with one attached hydrogen (secondary N) is 2. The minimum atomic E-state index is -3.51. The molecule has 0 fully saturated rings. The SMILES string of the molecule is CCNS(=O)(=O)c1ccccc1NCC(C)(O)CC. The number of aliphatic hydroxyl groups is 1. The maximum atomic E-state index is 12.0. The highest BCUT2D eigenvalue weighted by Crippen LogP contribution is 2.21. The summed E-state index contributed by atoms with van der Waals surface area (Å²) in [5, 5.41) is 13.0. The molecule has 6 heteroatoms. The summed E-state index contributed by atoms with van der Waals surface area (Å²) in [6.45, 7) is 5.95. The molecule has 0 amide bonds. The highest BCUT2D eigenvalue weighted by atomic mass is 32.2. The second kappa shape index (κ2) is 6.36. The second-order valence-electron chi connectivity index (χ2n) is 4.70. The number of benzene rings is 1. The van der Waals surface area contributed by atoms with Gasteiger partial charge in [-0.2, -0.15) is 0 Å². The number of para-hydroxylation sites is 1. The van der Waals surface area contributed by atoms with Crippen LogP contribution >= 0.6 is 0 Å². The summed E-state index contributed by atoms with van der Waals surface area (Å²) in [5.41, 5.74) is -0.369. The molecule has 5 nitrogen and oxygen atoms in total. The van der Waals surface area contributed by atoms with Crippen LogP contribution in [0.2, 0.25) is 0 Å². The standard InChI is InChI=1S/C13H22N2O3S/c1-4-13(3,16)10-14-11-8-6-7-9-12(11)19(17,18)15-5-2/h6-9,14-16H,4-5,10H2,1-3H3. The molecule has 1 rings (SSSR count). The van der Waals surface area contributed by atoms with Crippen LogP contribution in [0.1, 0.15) is 27.2 Å². The highest BCUT2D eigenvalue weighted by Gasteiger charge is 2.20. The molecule has 0 saturated carbocycles. The van der Waals surface area contributed by atoms with Crippen molar-refractivity contribution in [3.05, 3.63) is 24.3 Å². The molecular formula is C13H22N2O3S. The molecule has 1 aromatic carbocycles. The van der Waals surface area contributed by atoms with E-state index in [1.165, 1.54) is 0 Å². The topological polar surface area (TPSA) is 78.4 Å². The summed E-state index contributed by atoms with van der Waals surface area (Å²) >= 11 is 0. The minimum absolute atomic E-state index is 0.198. The van der Waals surface area contributed by atoms with Crippen molar-refractivity contribution in [2.24, 2.45) is 0 Å². The number of hydrogen-bond donors (Lipinski definition) is 3. The maximum Gasteiger partial charge on any atom is 0.242 e. The van der Waals surface area contributed by atoms with Crippen LogP contribution in [0.15, 0.2) is 29.2 Å². The molecule has 1 atom stereocenters. The lowest BCUT2D eigenvalue weighted by Gasteiger charge is -2.23. The Balaban J connectivity index is 2.97. The first-order valence-corrected chi connectivity index (χ1v) is 7.85. The molecule has 0 saturated heterocycles. The Kier molecular flexibility index (Phi) is 5.34. The van der Waals surface area contributed by atoms with Crippen LogP contribution in [0.5, 0.6) is 0 Å². The van der Waals surface area contributed by atoms with Gasteiger partial charge >= 0.3 is 0 Å². The Bertz CT molecular complexity index is 512. The van der Waals surface area contributed by atoms with Gasteiger partial charge in [-0.15, -0.1) is 0 Å². The van der Waals surface area contributed by atoms with E-state index in [9.17, 15) is 13.5 Å². The van der Waals surface area contributed by atoms with Crippen LogP contribution in [0.4, 0.5) is 5.69 Å². The van der Waals surface area contributed by atoms with Crippen molar-refractivity contribution < 1.29 is 13.5 Å². The Morgan fingerprint density at radius 3 is 2.47 bits per heavy atom. The van der Waals surface area contributed by atoms with Crippen molar-refractivity contribution in [2.45, 2.75) is 37.7 Å². The third-order valence-corrected chi connectivity index (χ3v) is 4.54. The zero-order chi connectivity index (χ0) is 14.5. The summed E-state index contributed by atoms with van der Waals surface area (Å²) in [6, 6.07) is 6.66. The predicted octanol–water partition coefficient (Wildman–Crippen LogP) is 1.56. The highest BCUT2D eigenvalue weighted by molar-refractivity contribution is 7.89. The Hall–Kier alpha value is -1.11. The number of sulfonamides is 1. The van der Waals surface area contributed by atoms with Gasteiger partial charge in [0.2, 0.25) is 10.0 Å². The largest absolute Gasteiger partial charge is 0.388 e. The van der Waals surface area contributed by atoms with Gasteiger partial charge in [-0.05, 0) is 25.5 Å². The lowest BCUT2D eigenvalue weighted by molar-refractivity contribution is 0.0697. The molecule has 0 heterocycles. The average Bonchev–Trinajstić information content (AvgIpc) is 2.37. The molecule has 0 aliphatic carbocycles. The lowest BCUT2D eigenvalue weighted by Crippen LogP contribution is -2.33. The van der Waals surface area contributed by atoms with Gasteiger partial charge in [-0.3, -0.25) is 0 Å². The van der Waals surface area contributed by atoms with E-state index in [1.807, 2.05) is 6.92 Å². The zero-order valence-electron chi connectivity index (χ0n) is 11.6. The molecule has 0 bridgehead atoms. The van der Waals surface area contributed by atoms with Crippen molar-refractivity contribution in [3.63, 3.8) is 0 Å². The molecule has 1 aromatic rings. The molecule has 3 N–H and O–H groups in total. The van der Waals surface area contributed by atoms with Crippen molar-refractivity contribution in [1.29, 1.82) is 0 Å². The summed E-state index contributed by atoms with van der Waals surface area (Å²) in [7, 11) is -3.51. The third kappa shape index (κ3) is 4.49. The number of hydrogen-bond acceptors (Lipinski definition) is 4. The molecule has 0 spiro atoms. The van der Waals surface area contributed by atoms with Gasteiger partial charge in [0.1, 0.15) is 4.90 Å². The number of anilines is 1. The summed E-state index contributed by atoms with van der Waals surface area (Å²) in [6.07, 6.45) is 0.585. The average molecular weight is 286 g/mol. The first kappa shape index (κ1) is 15.9. The van der Waals surface area contributed by atoms with E-state index in [-0.39, 0.29) is 4.90 Å². The predicted molar refractivity (Wildman–Crippen MR) is 76.7 cm³/mol. The summed E-state index contributed by atoms with van der Waals surface area (Å²) in [5.74, 6) is 0. The van der Waals surface area contributed by atoms with Crippen molar-refractivity contribution in [2.75, 3.05) is 18.4 Å². The molecule has 1 unspecified atom stereocenters. The van der Waals surface area contributed by atoms with E-state index in [4.69, 9.17) is 0 Å². The molecule has 0 aliphatic heterocycles. The molecule has 19 heavy (non-hydrogen) atoms. The first-order valence-electron chi connectivity index (χ1n) is 6.37. The van der Waals surface area contributed by atoms with Crippen LogP contribution in [-0.2, 0) is 10.0 Å². The van der Waals surface area contributed by atoms with Gasteiger partial charge in [0.25, 0.3) is 0 Å². The number of rotatable bonds is 7. The van der Waals surface area contributed by atoms with Crippen LogP contribution in [0, 0.1) is 0 Å². The fraction of sp³-hybridized carbons (Fsp3) is 0.538. The quantitative estimate of drug-likeness (QED) is 0.711. The molecule has 0 aliphatic rings. The van der Waals surface area contributed by atoms with Gasteiger partial charge in [-0.25, -0.2) is 13.1 Å². The van der Waals surface area contributed by atoms with Crippen LogP contribution in [-0.4, -0.2) is 32.2 Å². The first-order chi connectivity index (χ1) is 8.82. The van der Waals surface area contributed by atoms with Crippen LogP contribution < -0.4 is 10.0 Å². The minimum Gasteiger partial charge on any atom is -0.388 e. The Morgan fingerprint density at radius 1 is 1.26 bits per heavy atom. The van der Waals surface area contributed by atoms with Gasteiger partial charge in [0, 0.05) is 13.1 Å². The third-order valence-electron chi connectivity index (χ3n) is 2.93. The van der Waals surface area contributed by atoms with Crippen molar-refractivity contribution >= 4 is 15.7 Å². The van der Waals surface area contributed by atoms with Gasteiger partial charge < -0.3 is 10.4 Å². The molecule has 108 valence electrons. The Morgan fingerprint density at radius 2 is 1.89 bits per heavy atom. The maximum absolute atomic E-state index is 12.0. The van der Waals surface area contributed by atoms with Gasteiger partial charge in [-0.1, -0.05) is 26.0 Å². The fourth-order valence-electron chi connectivity index (χ4n) is 1.53. The summed E-state index contributed by atoms with van der Waals surface area (Å²) < 4.78 is 26.5. The monoisotopic (exact) mass is 286 g/mol. The van der Waals surface area contributed by atoms with E-state index in [2.05, 4.69) is 10.0 Å². The van der Waals surface area contributed by atoms with Crippen LogP contribution in [0.3, 0.4) is 0 Å². The smallest absolute Gasteiger partial charge is 0.242 e. The second-order valence-corrected chi connectivity index (χ2v) is 6.44. The van der Waals surface area contributed by atoms with Gasteiger partial charge in [0.15, 0.2) is 0 Å². The fourth-order valence-corrected chi connectivity index (χ4v) is 2.75. The van der Waals surface area contributed by atoms with Gasteiger partial charge in [0.05, 0.1) is 11.3 Å². The molecule has 0 radical (unpaired) electrons. The lowest BCUT2D eigenvalue weighted by atomic mass is 10.0. The van der Waals surface area contributed by atoms with E-state index < -0.39 is 15.6 Å². The molecule has 0 aromatic heterocycles. The van der Waals surface area contributed by atoms with E-state index in [1.54, 1.807) is 38.1 Å². The van der Waals surface area contributed by atoms with Crippen LogP contribution in [0.25, 0.3) is 0 Å². The van der Waals surface area contributed by atoms with E-state index in [0.29, 0.717) is 25.2 Å². The van der Waals surface area contributed by atoms with E-state index in [0.717, 1.165) is 0 Å². The normalized spacial score (nSPS) is 14.9. The molecular weight excluding hydrogens is 264 g/mol. The van der Waals surface area contributed by atoms with Crippen molar-refractivity contribution in [1.82, 2.24) is 4.72 Å².